The quantitative estimate of drug-likeness (QED) is 0.0558. The van der Waals surface area contributed by atoms with Gasteiger partial charge in [0, 0.05) is 48.0 Å². The first-order chi connectivity index (χ1) is 33.2. The maximum absolute atomic E-state index is 14.0. The fraction of sp³-hybridized carbons (Fsp3) is 0.333. The summed E-state index contributed by atoms with van der Waals surface area (Å²) in [4.78, 5) is 81.5. The number of ether oxygens (including phenoxy) is 3. The lowest BCUT2D eigenvalue weighted by Gasteiger charge is -2.29. The second-order valence-corrected chi connectivity index (χ2v) is 20.3. The minimum absolute atomic E-state index is 0.0135. The smallest absolute Gasteiger partial charge is 0.264 e. The largest absolute Gasteiger partial charge is 0.493 e. The lowest BCUT2D eigenvalue weighted by atomic mass is 10.0. The number of methoxy groups -OCH3 is 1. The molecule has 2 atom stereocenters. The van der Waals surface area contributed by atoms with Gasteiger partial charge in [0.05, 0.1) is 47.9 Å². The van der Waals surface area contributed by atoms with E-state index in [9.17, 15) is 37.2 Å². The number of nitrogens with one attached hydrogen (secondary N) is 3. The molecule has 1 fully saturated rings. The summed E-state index contributed by atoms with van der Waals surface area (Å²) in [5.41, 5.74) is 5.46. The minimum atomic E-state index is -3.69. The summed E-state index contributed by atoms with van der Waals surface area (Å²) in [6.07, 6.45) is 3.77. The fourth-order valence-electron chi connectivity index (χ4n) is 8.85. The molecule has 0 aliphatic carbocycles. The van der Waals surface area contributed by atoms with Crippen molar-refractivity contribution in [3.63, 3.8) is 0 Å². The van der Waals surface area contributed by atoms with Crippen LogP contribution in [0.3, 0.4) is 0 Å². The summed E-state index contributed by atoms with van der Waals surface area (Å²) in [6, 6.07) is 23.7. The number of aryl methyl sites for hydroxylation is 1. The van der Waals surface area contributed by atoms with Gasteiger partial charge in [0.1, 0.15) is 28.2 Å². The Hall–Kier alpha value is -6.89. The molecule has 4 heterocycles. The van der Waals surface area contributed by atoms with Crippen LogP contribution in [-0.2, 0) is 56.8 Å². The number of sulfone groups is 1. The molecule has 0 bridgehead atoms. The van der Waals surface area contributed by atoms with Crippen LogP contribution in [0.25, 0.3) is 0 Å². The molecule has 0 radical (unpaired) electrons. The normalized spacial score (nSPS) is 16.0. The lowest BCUT2D eigenvalue weighted by Crippen LogP contribution is -2.52. The zero-order valence-electron chi connectivity index (χ0n) is 38.5. The molecule has 16 nitrogen and oxygen atoms in total. The molecule has 4 aromatic carbocycles. The van der Waals surface area contributed by atoms with Crippen LogP contribution in [0.1, 0.15) is 102 Å². The predicted molar refractivity (Wildman–Crippen MR) is 258 cm³/mol. The molecule has 3 aliphatic heterocycles. The third-order valence-corrected chi connectivity index (χ3v) is 14.3. The van der Waals surface area contributed by atoms with E-state index in [2.05, 4.69) is 40.2 Å². The van der Waals surface area contributed by atoms with Crippen LogP contribution in [0.4, 0.5) is 5.69 Å². The molecule has 69 heavy (non-hydrogen) atoms. The van der Waals surface area contributed by atoms with Crippen molar-refractivity contribution in [3.05, 3.63) is 140 Å². The van der Waals surface area contributed by atoms with Crippen molar-refractivity contribution in [3.8, 4) is 17.2 Å². The van der Waals surface area contributed by atoms with Crippen LogP contribution in [-0.4, -0.2) is 92.0 Å². The molecule has 6 amide bonds. The zero-order chi connectivity index (χ0) is 48.8. The summed E-state index contributed by atoms with van der Waals surface area (Å²) in [5, 5.41) is 10.5. The molecule has 0 saturated carbocycles. The van der Waals surface area contributed by atoms with Crippen LogP contribution < -0.4 is 30.2 Å². The molecule has 5 aromatic rings. The Bertz CT molecular complexity index is 2900. The Morgan fingerprint density at radius 2 is 1.61 bits per heavy atom. The van der Waals surface area contributed by atoms with E-state index < -0.39 is 45.4 Å². The highest BCUT2D eigenvalue weighted by Gasteiger charge is 2.44. The molecular weight excluding hydrogens is 923 g/mol. The van der Waals surface area contributed by atoms with E-state index in [1.807, 2.05) is 29.6 Å². The van der Waals surface area contributed by atoms with Crippen LogP contribution in [0.15, 0.2) is 90.3 Å². The average molecular weight is 976 g/mol. The standard InChI is InChI=1S/C51H53N5O11S2/c1-4-66-43-25-34(17-21-42(43)65-2)41(30-69(3,63)64)56-50(61)36-8-6-9-39(47(36)51(56)62)53-45(57)10-5-7-31-11-13-32(14-12-31)23-24-52-26-33-15-18-35(19-16-33)67-28-44-37-27-55(49(60)38(37)29-68-44)40-20-22-46(58)54-48(40)59/h6,8-9,11-19,21,25,29,40-41,52H,4-5,7,10,20,22-24,26-28,30H2,1-3H3,(H,53,57)(H,54,58,59). The molecule has 3 N–H and O–H groups in total. The predicted octanol–water partition coefficient (Wildman–Crippen LogP) is 6.17. The Morgan fingerprint density at radius 3 is 2.32 bits per heavy atom. The topological polar surface area (TPSA) is 207 Å². The first kappa shape index (κ1) is 48.6. The Labute approximate surface area is 404 Å². The number of anilines is 1. The van der Waals surface area contributed by atoms with Crippen molar-refractivity contribution in [2.24, 2.45) is 0 Å². The van der Waals surface area contributed by atoms with Crippen molar-refractivity contribution >= 4 is 62.3 Å². The summed E-state index contributed by atoms with van der Waals surface area (Å²) >= 11 is 1.46. The Morgan fingerprint density at radius 1 is 0.870 bits per heavy atom. The summed E-state index contributed by atoms with van der Waals surface area (Å²) in [6.45, 7) is 4.15. The van der Waals surface area contributed by atoms with Crippen molar-refractivity contribution in [2.45, 2.75) is 77.2 Å². The molecule has 360 valence electrons. The van der Waals surface area contributed by atoms with Gasteiger partial charge in [0.2, 0.25) is 17.7 Å². The van der Waals surface area contributed by atoms with E-state index in [1.165, 1.54) is 30.1 Å². The molecule has 18 heteroatoms. The van der Waals surface area contributed by atoms with Crippen molar-refractivity contribution in [2.75, 3.05) is 37.6 Å². The van der Waals surface area contributed by atoms with E-state index in [-0.39, 0.29) is 47.4 Å². The first-order valence-corrected chi connectivity index (χ1v) is 25.7. The molecule has 2 unspecified atom stereocenters. The van der Waals surface area contributed by atoms with Gasteiger partial charge in [-0.1, -0.05) is 48.5 Å². The monoisotopic (exact) mass is 975 g/mol. The van der Waals surface area contributed by atoms with Crippen molar-refractivity contribution < 1.29 is 51.4 Å². The maximum Gasteiger partial charge on any atom is 0.264 e. The highest BCUT2D eigenvalue weighted by atomic mass is 32.2. The summed E-state index contributed by atoms with van der Waals surface area (Å²) in [7, 11) is -2.21. The molecular formula is C51H53N5O11S2. The van der Waals surface area contributed by atoms with Gasteiger partial charge in [0.25, 0.3) is 17.7 Å². The van der Waals surface area contributed by atoms with Crippen LogP contribution >= 0.6 is 11.3 Å². The molecule has 3 aliphatic rings. The summed E-state index contributed by atoms with van der Waals surface area (Å²) in [5.74, 6) is -1.68. The van der Waals surface area contributed by atoms with Gasteiger partial charge in [-0.15, -0.1) is 11.3 Å². The molecule has 8 rings (SSSR count). The van der Waals surface area contributed by atoms with Gasteiger partial charge in [-0.25, -0.2) is 8.42 Å². The van der Waals surface area contributed by atoms with Crippen molar-refractivity contribution in [1.29, 1.82) is 0 Å². The van der Waals surface area contributed by atoms with Gasteiger partial charge in [-0.3, -0.25) is 39.0 Å². The van der Waals surface area contributed by atoms with Crippen LogP contribution in [0.5, 0.6) is 17.2 Å². The second-order valence-electron chi connectivity index (χ2n) is 17.2. The average Bonchev–Trinajstić information content (AvgIpc) is 3.96. The Balaban J connectivity index is 0.768. The molecule has 1 saturated heterocycles. The lowest BCUT2D eigenvalue weighted by molar-refractivity contribution is -0.137. The van der Waals surface area contributed by atoms with Crippen LogP contribution in [0, 0.1) is 0 Å². The number of piperidine rings is 1. The third-order valence-electron chi connectivity index (χ3n) is 12.4. The van der Waals surface area contributed by atoms with E-state index in [4.69, 9.17) is 14.2 Å². The molecule has 1 aromatic heterocycles. The van der Waals surface area contributed by atoms with E-state index >= 15 is 0 Å². The third kappa shape index (κ3) is 11.2. The number of hydrogen-bond acceptors (Lipinski definition) is 13. The highest BCUT2D eigenvalue weighted by molar-refractivity contribution is 7.90. The number of thiophene rings is 1. The number of hydrogen-bond donors (Lipinski definition) is 3. The number of amides is 6. The van der Waals surface area contributed by atoms with E-state index in [1.54, 1.807) is 42.2 Å². The molecule has 0 spiro atoms. The van der Waals surface area contributed by atoms with Gasteiger partial charge in [-0.05, 0) is 97.8 Å². The van der Waals surface area contributed by atoms with E-state index in [0.717, 1.165) is 45.7 Å². The number of benzene rings is 4. The van der Waals surface area contributed by atoms with E-state index in [0.29, 0.717) is 73.9 Å². The van der Waals surface area contributed by atoms with Gasteiger partial charge < -0.3 is 29.7 Å². The van der Waals surface area contributed by atoms with Gasteiger partial charge in [-0.2, -0.15) is 0 Å². The number of rotatable bonds is 21. The number of carbonyl (C=O) groups is 6. The second kappa shape index (κ2) is 21.2. The highest BCUT2D eigenvalue weighted by Crippen LogP contribution is 2.39. The number of carbonyl (C=O) groups excluding carboxylic acids is 6. The fourth-order valence-corrected chi connectivity index (χ4v) is 10.7. The zero-order valence-corrected chi connectivity index (χ0v) is 40.1. The first-order valence-electron chi connectivity index (χ1n) is 22.7. The SMILES string of the molecule is CCOc1cc(C(CS(C)(=O)=O)N2C(=O)c3cccc(NC(=O)CCCc4ccc(CCNCc5ccc(OCc6scc7c6CN(C6CCC(=O)NC6=O)C7=O)cc5)cc4)c3C2=O)ccc1OC. The maximum atomic E-state index is 14.0. The number of nitrogens with zero attached hydrogens (tertiary/aromatic N) is 2. The number of fused-ring (bicyclic) bond motifs is 2. The number of imide groups is 2. The van der Waals surface area contributed by atoms with Gasteiger partial charge >= 0.3 is 0 Å². The summed E-state index contributed by atoms with van der Waals surface area (Å²) < 4.78 is 42.4. The Kier molecular flexibility index (Phi) is 14.9. The minimum Gasteiger partial charge on any atom is -0.493 e. The van der Waals surface area contributed by atoms with Crippen LogP contribution in [0.2, 0.25) is 0 Å². The van der Waals surface area contributed by atoms with Gasteiger partial charge in [0.15, 0.2) is 11.5 Å². The van der Waals surface area contributed by atoms with Crippen molar-refractivity contribution in [1.82, 2.24) is 20.4 Å².